The second-order valence-electron chi connectivity index (χ2n) is 3.73. The van der Waals surface area contributed by atoms with Gasteiger partial charge in [-0.25, -0.2) is 13.4 Å². The molecule has 6 nitrogen and oxygen atoms in total. The van der Waals surface area contributed by atoms with E-state index >= 15 is 0 Å². The van der Waals surface area contributed by atoms with Gasteiger partial charge in [-0.1, -0.05) is 0 Å². The van der Waals surface area contributed by atoms with Gasteiger partial charge in [-0.05, 0) is 6.07 Å². The van der Waals surface area contributed by atoms with E-state index in [1.165, 1.54) is 7.11 Å². The molecule has 1 aromatic rings. The zero-order valence-corrected chi connectivity index (χ0v) is 11.1. The number of pyridine rings is 1. The molecule has 0 saturated carbocycles. The number of sulfonamides is 1. The quantitative estimate of drug-likeness (QED) is 0.806. The molecule has 0 saturated heterocycles. The Hall–Kier alpha value is -1.84. The van der Waals surface area contributed by atoms with Gasteiger partial charge in [-0.15, -0.1) is 0 Å². The van der Waals surface area contributed by atoms with Crippen LogP contribution in [0.15, 0.2) is 12.3 Å². The Labute approximate surface area is 113 Å². The fourth-order valence-electron chi connectivity index (χ4n) is 1.24. The van der Waals surface area contributed by atoms with Crippen LogP contribution in [0.1, 0.15) is 16.8 Å². The smallest absolute Gasteiger partial charge is 0.390 e. The maximum Gasteiger partial charge on any atom is 0.390 e. The van der Waals surface area contributed by atoms with Gasteiger partial charge in [0.1, 0.15) is 5.69 Å². The van der Waals surface area contributed by atoms with Crippen LogP contribution in [0.2, 0.25) is 0 Å². The molecule has 0 radical (unpaired) electrons. The van der Waals surface area contributed by atoms with E-state index in [0.29, 0.717) is 6.29 Å². The molecule has 0 atom stereocenters. The van der Waals surface area contributed by atoms with Crippen LogP contribution in [-0.2, 0) is 10.0 Å². The third-order valence-electron chi connectivity index (χ3n) is 2.12. The van der Waals surface area contributed by atoms with Crippen LogP contribution in [0.5, 0.6) is 5.88 Å². The molecule has 1 rings (SSSR count). The van der Waals surface area contributed by atoms with Crippen molar-refractivity contribution in [3.05, 3.63) is 17.8 Å². The number of anilines is 1. The third-order valence-corrected chi connectivity index (χ3v) is 3.39. The van der Waals surface area contributed by atoms with Crippen molar-refractivity contribution in [1.82, 2.24) is 4.98 Å². The third kappa shape index (κ3) is 5.03. The summed E-state index contributed by atoms with van der Waals surface area (Å²) in [5.74, 6) is -1.28. The van der Waals surface area contributed by atoms with Crippen LogP contribution >= 0.6 is 0 Å². The van der Waals surface area contributed by atoms with Gasteiger partial charge in [-0.3, -0.25) is 9.52 Å². The summed E-state index contributed by atoms with van der Waals surface area (Å²) >= 11 is 0. The summed E-state index contributed by atoms with van der Waals surface area (Å²) in [4.78, 5) is 14.2. The highest BCUT2D eigenvalue weighted by Gasteiger charge is 2.30. The highest BCUT2D eigenvalue weighted by atomic mass is 32.2. The Morgan fingerprint density at radius 1 is 1.45 bits per heavy atom. The molecular formula is C10H11F3N2O4S. The molecule has 0 spiro atoms. The van der Waals surface area contributed by atoms with Crippen molar-refractivity contribution in [3.63, 3.8) is 0 Å². The molecule has 1 N–H and O–H groups in total. The van der Waals surface area contributed by atoms with Crippen LogP contribution in [0.25, 0.3) is 0 Å². The predicted molar refractivity (Wildman–Crippen MR) is 64.3 cm³/mol. The van der Waals surface area contributed by atoms with E-state index in [1.807, 2.05) is 4.72 Å². The number of aldehydes is 1. The molecule has 0 unspecified atom stereocenters. The first-order valence-electron chi connectivity index (χ1n) is 5.23. The van der Waals surface area contributed by atoms with E-state index in [0.717, 1.165) is 12.3 Å². The van der Waals surface area contributed by atoms with Crippen molar-refractivity contribution < 1.29 is 31.1 Å². The van der Waals surface area contributed by atoms with Gasteiger partial charge in [-0.2, -0.15) is 13.2 Å². The minimum atomic E-state index is -4.58. The fourth-order valence-corrected chi connectivity index (χ4v) is 2.32. The first-order chi connectivity index (χ1) is 9.17. The maximum absolute atomic E-state index is 12.0. The Balaban J connectivity index is 2.93. The zero-order chi connectivity index (χ0) is 15.4. The minimum Gasteiger partial charge on any atom is -0.480 e. The molecule has 0 amide bonds. The predicted octanol–water partition coefficient (Wildman–Crippen LogP) is 1.60. The number of alkyl halides is 3. The molecule has 112 valence electrons. The van der Waals surface area contributed by atoms with Crippen LogP contribution in [0, 0.1) is 0 Å². The lowest BCUT2D eigenvalue weighted by Crippen LogP contribution is -2.22. The van der Waals surface area contributed by atoms with Crippen LogP contribution in [-0.4, -0.2) is 38.7 Å². The van der Waals surface area contributed by atoms with Gasteiger partial charge in [0.15, 0.2) is 6.29 Å². The molecule has 1 aromatic heterocycles. The first-order valence-corrected chi connectivity index (χ1v) is 6.88. The number of carbonyl (C=O) groups excluding carboxylic acids is 1. The molecule has 0 bridgehead atoms. The molecule has 1 heterocycles. The Bertz CT molecular complexity index is 587. The van der Waals surface area contributed by atoms with E-state index in [4.69, 9.17) is 4.74 Å². The molecule has 0 aromatic carbocycles. The van der Waals surface area contributed by atoms with E-state index in [2.05, 4.69) is 4.98 Å². The van der Waals surface area contributed by atoms with Crippen molar-refractivity contribution >= 4 is 22.0 Å². The number of methoxy groups -OCH3 is 1. The number of nitrogens with one attached hydrogen (secondary N) is 1. The second-order valence-corrected chi connectivity index (χ2v) is 5.57. The van der Waals surface area contributed by atoms with E-state index in [-0.39, 0.29) is 17.1 Å². The lowest BCUT2D eigenvalue weighted by atomic mass is 10.3. The minimum absolute atomic E-state index is 0.0549. The monoisotopic (exact) mass is 312 g/mol. The zero-order valence-electron chi connectivity index (χ0n) is 10.3. The molecule has 0 aliphatic heterocycles. The van der Waals surface area contributed by atoms with Crippen LogP contribution < -0.4 is 9.46 Å². The normalized spacial score (nSPS) is 12.0. The number of aromatic nitrogens is 1. The van der Waals surface area contributed by atoms with Crippen LogP contribution in [0.3, 0.4) is 0 Å². The lowest BCUT2D eigenvalue weighted by Gasteiger charge is -2.12. The van der Waals surface area contributed by atoms with Gasteiger partial charge < -0.3 is 4.74 Å². The van der Waals surface area contributed by atoms with Crippen molar-refractivity contribution in [2.24, 2.45) is 0 Å². The fraction of sp³-hybridized carbons (Fsp3) is 0.400. The summed E-state index contributed by atoms with van der Waals surface area (Å²) in [5, 5.41) is 0. The summed E-state index contributed by atoms with van der Waals surface area (Å²) in [7, 11) is -3.03. The van der Waals surface area contributed by atoms with Crippen molar-refractivity contribution in [2.75, 3.05) is 17.6 Å². The van der Waals surface area contributed by atoms with Gasteiger partial charge in [0.05, 0.1) is 19.3 Å². The molecule has 0 aliphatic carbocycles. The summed E-state index contributed by atoms with van der Waals surface area (Å²) in [6.45, 7) is 0. The Morgan fingerprint density at radius 3 is 2.60 bits per heavy atom. The lowest BCUT2D eigenvalue weighted by molar-refractivity contribution is -0.129. The number of nitrogens with zero attached hydrogens (tertiary/aromatic N) is 1. The average Bonchev–Trinajstić information content (AvgIpc) is 2.35. The molecule has 10 heteroatoms. The summed E-state index contributed by atoms with van der Waals surface area (Å²) in [5.41, 5.74) is -0.140. The van der Waals surface area contributed by atoms with Crippen molar-refractivity contribution in [1.29, 1.82) is 0 Å². The second kappa shape index (κ2) is 6.07. The highest BCUT2D eigenvalue weighted by Crippen LogP contribution is 2.25. The van der Waals surface area contributed by atoms with E-state index in [9.17, 15) is 26.4 Å². The van der Waals surface area contributed by atoms with Crippen LogP contribution in [0.4, 0.5) is 18.9 Å². The average molecular weight is 312 g/mol. The largest absolute Gasteiger partial charge is 0.480 e. The van der Waals surface area contributed by atoms with E-state index in [1.54, 1.807) is 0 Å². The number of rotatable bonds is 6. The number of carbonyl (C=O) groups is 1. The number of hydrogen-bond acceptors (Lipinski definition) is 5. The summed E-state index contributed by atoms with van der Waals surface area (Å²) in [6.07, 6.45) is -4.51. The number of halogens is 3. The Kier molecular flexibility index (Phi) is 4.93. The Morgan fingerprint density at radius 2 is 2.10 bits per heavy atom. The first kappa shape index (κ1) is 16.2. The van der Waals surface area contributed by atoms with Gasteiger partial charge in [0.2, 0.25) is 15.9 Å². The van der Waals surface area contributed by atoms with Crippen molar-refractivity contribution in [2.45, 2.75) is 12.6 Å². The molecule has 0 aliphatic rings. The van der Waals surface area contributed by atoms with Gasteiger partial charge >= 0.3 is 6.18 Å². The van der Waals surface area contributed by atoms with Gasteiger partial charge in [0, 0.05) is 11.8 Å². The van der Waals surface area contributed by atoms with E-state index < -0.39 is 28.4 Å². The maximum atomic E-state index is 12.0. The number of ether oxygens (including phenoxy) is 1. The molecule has 0 fully saturated rings. The van der Waals surface area contributed by atoms with Gasteiger partial charge in [0.25, 0.3) is 0 Å². The molecule has 20 heavy (non-hydrogen) atoms. The highest BCUT2D eigenvalue weighted by molar-refractivity contribution is 7.92. The topological polar surface area (TPSA) is 85.4 Å². The SMILES string of the molecule is COc1ncc(C=O)cc1NS(=O)(=O)CCC(F)(F)F. The number of hydrogen-bond donors (Lipinski definition) is 1. The summed E-state index contributed by atoms with van der Waals surface area (Å²) in [6, 6.07) is 1.12. The standard InChI is InChI=1S/C10H11F3N2O4S/c1-19-9-8(4-7(6-16)5-14-9)15-20(17,18)3-2-10(11,12)13/h4-6,15H,2-3H2,1H3. The van der Waals surface area contributed by atoms with Crippen molar-refractivity contribution in [3.8, 4) is 5.88 Å². The molecular weight excluding hydrogens is 301 g/mol. The summed E-state index contributed by atoms with van der Waals surface area (Å²) < 4.78 is 65.8.